The molecular weight excluding hydrogens is 520 g/mol. The van der Waals surface area contributed by atoms with E-state index in [2.05, 4.69) is 15.9 Å². The molecule has 0 aliphatic carbocycles. The second-order valence-electron chi connectivity index (χ2n) is 8.36. The lowest BCUT2D eigenvalue weighted by Crippen LogP contribution is -2.46. The van der Waals surface area contributed by atoms with Crippen LogP contribution in [0.15, 0.2) is 89.4 Å². The molecule has 0 atom stereocenters. The number of nitrogens with zero attached hydrogens (tertiary/aromatic N) is 2. The molecule has 1 aliphatic heterocycles. The molecule has 3 amide bonds. The third-order valence-electron chi connectivity index (χ3n) is 6.20. The first kappa shape index (κ1) is 23.8. The lowest BCUT2D eigenvalue weighted by atomic mass is 9.94. The van der Waals surface area contributed by atoms with Crippen molar-refractivity contribution >= 4 is 50.1 Å². The summed E-state index contributed by atoms with van der Waals surface area (Å²) >= 11 is 3.40. The predicted molar refractivity (Wildman–Crippen MR) is 143 cm³/mol. The molecule has 0 bridgehead atoms. The Bertz CT molecular complexity index is 1410. The molecule has 0 spiro atoms. The second-order valence-corrected chi connectivity index (χ2v) is 9.28. The van der Waals surface area contributed by atoms with Crippen molar-refractivity contribution in [2.45, 2.75) is 6.92 Å². The van der Waals surface area contributed by atoms with Gasteiger partial charge in [0, 0.05) is 45.3 Å². The van der Waals surface area contributed by atoms with Crippen molar-refractivity contribution in [2.24, 2.45) is 0 Å². The van der Waals surface area contributed by atoms with Gasteiger partial charge in [-0.15, -0.1) is 0 Å². The van der Waals surface area contributed by atoms with Crippen molar-refractivity contribution in [1.29, 1.82) is 0 Å². The maximum atomic E-state index is 13.5. The summed E-state index contributed by atoms with van der Waals surface area (Å²) in [5.74, 6) is -0.242. The van der Waals surface area contributed by atoms with E-state index in [0.29, 0.717) is 40.1 Å². The number of hydrogen-bond donors (Lipinski definition) is 0. The van der Waals surface area contributed by atoms with Crippen LogP contribution in [0.25, 0.3) is 10.8 Å². The Kier molecular flexibility index (Phi) is 6.57. The van der Waals surface area contributed by atoms with Crippen LogP contribution in [0, 0.1) is 0 Å². The van der Waals surface area contributed by atoms with E-state index in [0.717, 1.165) is 9.86 Å². The molecule has 4 aromatic carbocycles. The number of benzene rings is 4. The molecule has 0 aromatic heterocycles. The lowest BCUT2D eigenvalue weighted by Gasteiger charge is -2.30. The highest BCUT2D eigenvalue weighted by Gasteiger charge is 2.33. The summed E-state index contributed by atoms with van der Waals surface area (Å²) in [6.07, 6.45) is 0. The van der Waals surface area contributed by atoms with Gasteiger partial charge in [-0.05, 0) is 73.0 Å². The fraction of sp³-hybridized carbons (Fsp3) is 0.138. The lowest BCUT2D eigenvalue weighted by molar-refractivity contribution is 0.0611. The molecule has 7 heteroatoms. The van der Waals surface area contributed by atoms with Crippen molar-refractivity contribution in [3.63, 3.8) is 0 Å². The van der Waals surface area contributed by atoms with Gasteiger partial charge in [-0.1, -0.05) is 40.2 Å². The van der Waals surface area contributed by atoms with Crippen LogP contribution in [0.2, 0.25) is 0 Å². The summed E-state index contributed by atoms with van der Waals surface area (Å²) in [6, 6.07) is 25.2. The number of halogens is 1. The van der Waals surface area contributed by atoms with Crippen molar-refractivity contribution in [3.05, 3.63) is 106 Å². The molecule has 1 heterocycles. The van der Waals surface area contributed by atoms with Crippen LogP contribution in [-0.4, -0.2) is 42.3 Å². The molecule has 0 fully saturated rings. The maximum Gasteiger partial charge on any atom is 0.261 e. The number of ether oxygens (including phenoxy) is 1. The summed E-state index contributed by atoms with van der Waals surface area (Å²) in [4.78, 5) is 43.0. The molecule has 0 saturated carbocycles. The maximum absolute atomic E-state index is 13.5. The van der Waals surface area contributed by atoms with Crippen molar-refractivity contribution in [1.82, 2.24) is 4.90 Å². The van der Waals surface area contributed by atoms with Gasteiger partial charge in [0.2, 0.25) is 0 Å². The van der Waals surface area contributed by atoms with E-state index in [4.69, 9.17) is 4.74 Å². The number of anilines is 1. The molecule has 5 rings (SSSR count). The monoisotopic (exact) mass is 542 g/mol. The van der Waals surface area contributed by atoms with Crippen LogP contribution in [0.5, 0.6) is 5.75 Å². The van der Waals surface area contributed by atoms with Gasteiger partial charge in [0.1, 0.15) is 5.75 Å². The van der Waals surface area contributed by atoms with Crippen LogP contribution in [0.1, 0.15) is 38.0 Å². The number of carbonyl (C=O) groups excluding carboxylic acids is 3. The van der Waals surface area contributed by atoms with Gasteiger partial charge in [0.05, 0.1) is 6.61 Å². The zero-order valence-corrected chi connectivity index (χ0v) is 21.2. The predicted octanol–water partition coefficient (Wildman–Crippen LogP) is 5.94. The van der Waals surface area contributed by atoms with Crippen LogP contribution < -0.4 is 9.64 Å². The summed E-state index contributed by atoms with van der Waals surface area (Å²) in [6.45, 7) is 2.63. The van der Waals surface area contributed by atoms with Crippen LogP contribution in [0.4, 0.5) is 5.69 Å². The third-order valence-corrected chi connectivity index (χ3v) is 6.73. The largest absolute Gasteiger partial charge is 0.494 e. The van der Waals surface area contributed by atoms with Gasteiger partial charge in [-0.25, -0.2) is 0 Å². The van der Waals surface area contributed by atoms with Crippen molar-refractivity contribution in [3.8, 4) is 5.75 Å². The van der Waals surface area contributed by atoms with Gasteiger partial charge in [0.25, 0.3) is 17.7 Å². The average molecular weight is 543 g/mol. The molecule has 36 heavy (non-hydrogen) atoms. The molecule has 6 nitrogen and oxygen atoms in total. The highest BCUT2D eigenvalue weighted by Crippen LogP contribution is 2.30. The van der Waals surface area contributed by atoms with Crippen LogP contribution >= 0.6 is 15.9 Å². The quantitative estimate of drug-likeness (QED) is 0.271. The molecule has 0 N–H and O–H groups in total. The van der Waals surface area contributed by atoms with E-state index in [1.807, 2.05) is 31.2 Å². The minimum Gasteiger partial charge on any atom is -0.494 e. The minimum atomic E-state index is -0.355. The zero-order valence-electron chi connectivity index (χ0n) is 19.6. The van der Waals surface area contributed by atoms with E-state index < -0.39 is 0 Å². The number of amides is 3. The van der Waals surface area contributed by atoms with E-state index >= 15 is 0 Å². The van der Waals surface area contributed by atoms with E-state index in [1.165, 1.54) is 4.90 Å². The number of imide groups is 1. The first-order valence-corrected chi connectivity index (χ1v) is 12.5. The van der Waals surface area contributed by atoms with Crippen molar-refractivity contribution < 1.29 is 19.1 Å². The molecular formula is C29H23BrN2O4. The standard InChI is InChI=1S/C29H23BrN2O4/c1-2-36-23-15-13-22(14-16-23)31(27(33)20-9-11-21(30)12-10-20)17-18-32-28(34)24-7-3-5-19-6-4-8-25(26(19)24)29(32)35/h3-16H,2,17-18H2,1H3. The third kappa shape index (κ3) is 4.38. The molecule has 4 aromatic rings. The summed E-state index contributed by atoms with van der Waals surface area (Å²) in [5, 5.41) is 1.54. The topological polar surface area (TPSA) is 66.9 Å². The number of carbonyl (C=O) groups is 3. The Balaban J connectivity index is 1.45. The Morgan fingerprint density at radius 3 is 2.06 bits per heavy atom. The Labute approximate surface area is 217 Å². The highest BCUT2D eigenvalue weighted by atomic mass is 79.9. The fourth-order valence-electron chi connectivity index (χ4n) is 4.47. The SMILES string of the molecule is CCOc1ccc(N(CCN2C(=O)c3cccc4cccc(c34)C2=O)C(=O)c2ccc(Br)cc2)cc1. The van der Waals surface area contributed by atoms with Gasteiger partial charge in [0.15, 0.2) is 0 Å². The normalized spacial score (nSPS) is 12.7. The van der Waals surface area contributed by atoms with Crippen LogP contribution in [-0.2, 0) is 0 Å². The van der Waals surface area contributed by atoms with E-state index in [-0.39, 0.29) is 30.8 Å². The summed E-state index contributed by atoms with van der Waals surface area (Å²) in [5.41, 5.74) is 2.13. The Hall–Kier alpha value is -3.97. The molecule has 0 saturated heterocycles. The van der Waals surface area contributed by atoms with Gasteiger partial charge in [-0.2, -0.15) is 0 Å². The smallest absolute Gasteiger partial charge is 0.261 e. The average Bonchev–Trinajstić information content (AvgIpc) is 2.90. The zero-order chi connectivity index (χ0) is 25.2. The summed E-state index contributed by atoms with van der Waals surface area (Å²) in [7, 11) is 0. The molecule has 1 aliphatic rings. The van der Waals surface area contributed by atoms with Crippen molar-refractivity contribution in [2.75, 3.05) is 24.6 Å². The van der Waals surface area contributed by atoms with Gasteiger partial charge >= 0.3 is 0 Å². The minimum absolute atomic E-state index is 0.0534. The van der Waals surface area contributed by atoms with Gasteiger partial charge in [-0.3, -0.25) is 19.3 Å². The van der Waals surface area contributed by atoms with E-state index in [9.17, 15) is 14.4 Å². The Morgan fingerprint density at radius 1 is 0.861 bits per heavy atom. The summed E-state index contributed by atoms with van der Waals surface area (Å²) < 4.78 is 6.40. The Morgan fingerprint density at radius 2 is 1.47 bits per heavy atom. The molecule has 180 valence electrons. The first-order valence-electron chi connectivity index (χ1n) is 11.7. The first-order chi connectivity index (χ1) is 17.5. The number of rotatable bonds is 7. The van der Waals surface area contributed by atoms with Crippen LogP contribution in [0.3, 0.4) is 0 Å². The second kappa shape index (κ2) is 9.95. The highest BCUT2D eigenvalue weighted by molar-refractivity contribution is 9.10. The van der Waals surface area contributed by atoms with Gasteiger partial charge < -0.3 is 9.64 Å². The fourth-order valence-corrected chi connectivity index (χ4v) is 4.73. The molecule has 0 unspecified atom stereocenters. The van der Waals surface area contributed by atoms with E-state index in [1.54, 1.807) is 65.6 Å². The molecule has 0 radical (unpaired) electrons. The number of hydrogen-bond acceptors (Lipinski definition) is 4.